The molecule has 2 aromatic carbocycles. The van der Waals surface area contributed by atoms with Crippen LogP contribution in [0.15, 0.2) is 47.6 Å². The molecule has 3 aliphatic rings. The van der Waals surface area contributed by atoms with Crippen LogP contribution in [0.3, 0.4) is 0 Å². The van der Waals surface area contributed by atoms with Crippen molar-refractivity contribution in [3.8, 4) is 6.19 Å². The third-order valence-corrected chi connectivity index (χ3v) is 8.41. The first-order chi connectivity index (χ1) is 20.2. The van der Waals surface area contributed by atoms with Crippen molar-refractivity contribution in [1.29, 1.82) is 5.26 Å². The Kier molecular flexibility index (Phi) is 7.22. The number of nitrogens with one attached hydrogen (secondary N) is 3. The van der Waals surface area contributed by atoms with Gasteiger partial charge in [-0.2, -0.15) is 10.4 Å². The number of fused-ring (bicyclic) bond motifs is 4. The van der Waals surface area contributed by atoms with E-state index in [2.05, 4.69) is 52.7 Å². The van der Waals surface area contributed by atoms with Crippen LogP contribution in [0.5, 0.6) is 0 Å². The van der Waals surface area contributed by atoms with Gasteiger partial charge >= 0.3 is 6.03 Å². The molecule has 3 amide bonds. The Hall–Kier alpha value is -4.59. The Labute approximate surface area is 245 Å². The molecule has 218 valence electrons. The number of para-hydroxylation sites is 1. The van der Waals surface area contributed by atoms with Crippen LogP contribution in [0.2, 0.25) is 0 Å². The molecule has 42 heavy (non-hydrogen) atoms. The van der Waals surface area contributed by atoms with Gasteiger partial charge in [0.25, 0.3) is 0 Å². The van der Waals surface area contributed by atoms with Gasteiger partial charge in [-0.25, -0.2) is 4.79 Å². The number of benzene rings is 2. The number of amides is 3. The van der Waals surface area contributed by atoms with Crippen LogP contribution >= 0.6 is 0 Å². The van der Waals surface area contributed by atoms with Crippen LogP contribution in [0.25, 0.3) is 10.9 Å². The number of piperidine rings is 1. The van der Waals surface area contributed by atoms with E-state index in [-0.39, 0.29) is 23.4 Å². The van der Waals surface area contributed by atoms with Crippen molar-refractivity contribution in [3.05, 3.63) is 59.3 Å². The fraction of sp³-hybridized carbons (Fsp3) is 0.452. The fourth-order valence-electron chi connectivity index (χ4n) is 6.42. The number of likely N-dealkylation sites (tertiary alicyclic amines) is 1. The second kappa shape index (κ2) is 11.0. The summed E-state index contributed by atoms with van der Waals surface area (Å²) in [5.74, 6) is 0.397. The Balaban J connectivity index is 1.20. The minimum absolute atomic E-state index is 0.0121. The highest BCUT2D eigenvalue weighted by molar-refractivity contribution is 5.93. The molecule has 1 saturated heterocycles. The van der Waals surface area contributed by atoms with Gasteiger partial charge in [-0.15, -0.1) is 4.99 Å². The summed E-state index contributed by atoms with van der Waals surface area (Å²) >= 11 is 0. The minimum atomic E-state index is -0.577. The number of urea groups is 1. The van der Waals surface area contributed by atoms with E-state index >= 15 is 0 Å². The van der Waals surface area contributed by atoms with Gasteiger partial charge in [0, 0.05) is 56.3 Å². The number of H-pyrrole nitrogens is 1. The molecule has 0 aliphatic carbocycles. The highest BCUT2D eigenvalue weighted by atomic mass is 16.2. The van der Waals surface area contributed by atoms with Crippen LogP contribution in [0, 0.1) is 16.9 Å². The molecule has 1 aromatic heterocycles. The Morgan fingerprint density at radius 2 is 1.90 bits per heavy atom. The Morgan fingerprint density at radius 1 is 1.12 bits per heavy atom. The molecular formula is C31H37N9O2. The summed E-state index contributed by atoms with van der Waals surface area (Å²) in [5, 5.41) is 24.3. The number of rotatable bonds is 3. The average molecular weight is 568 g/mol. The lowest BCUT2D eigenvalue weighted by molar-refractivity contribution is -0.134. The number of guanidine groups is 1. The van der Waals surface area contributed by atoms with E-state index in [1.54, 1.807) is 0 Å². The van der Waals surface area contributed by atoms with E-state index in [1.165, 1.54) is 0 Å². The van der Waals surface area contributed by atoms with Gasteiger partial charge in [0.05, 0.1) is 11.7 Å². The van der Waals surface area contributed by atoms with Crippen LogP contribution in [0.4, 0.5) is 10.5 Å². The number of carbonyl (C=O) groups excluding carboxylic acids is 2. The maximum atomic E-state index is 14.0. The van der Waals surface area contributed by atoms with Crippen molar-refractivity contribution in [2.24, 2.45) is 10.4 Å². The summed E-state index contributed by atoms with van der Waals surface area (Å²) in [5.41, 5.74) is 5.01. The highest BCUT2D eigenvalue weighted by Crippen LogP contribution is 2.30. The van der Waals surface area contributed by atoms with E-state index in [9.17, 15) is 14.9 Å². The standard InChI is InChI=1S/C31H37N9O2/c1-31(2,3)18-39-17-24-20(8-9-26-23(24)15-34-37-26)14-27(28(39)41)35-29(33-19-32)38-12-10-22(11-13-38)40-16-21-6-4-5-7-25(21)36-30(40)42/h4-9,15,22,27H,10-14,16-18H2,1-3H3,(H,33,35)(H,34,37)(H,36,42). The van der Waals surface area contributed by atoms with Crippen LogP contribution in [0.1, 0.15) is 50.3 Å². The van der Waals surface area contributed by atoms with Gasteiger partial charge in [0.15, 0.2) is 0 Å². The largest absolute Gasteiger partial charge is 0.343 e. The van der Waals surface area contributed by atoms with Crippen molar-refractivity contribution >= 4 is 34.5 Å². The molecule has 0 spiro atoms. The number of hydrogen-bond donors (Lipinski definition) is 3. The molecule has 3 N–H and O–H groups in total. The number of carbonyl (C=O) groups is 2. The van der Waals surface area contributed by atoms with E-state index in [4.69, 9.17) is 0 Å². The number of hydrogen-bond acceptors (Lipinski definition) is 5. The van der Waals surface area contributed by atoms with Gasteiger partial charge in [-0.1, -0.05) is 45.0 Å². The Morgan fingerprint density at radius 3 is 2.67 bits per heavy atom. The van der Waals surface area contributed by atoms with Gasteiger partial charge < -0.3 is 25.3 Å². The van der Waals surface area contributed by atoms with Crippen molar-refractivity contribution in [2.75, 3.05) is 25.0 Å². The molecule has 1 fully saturated rings. The van der Waals surface area contributed by atoms with Gasteiger partial charge in [-0.3, -0.25) is 9.89 Å². The SMILES string of the molecule is CC(C)(C)CN1Cc2c(ccc3[nH]ncc23)CC(N/C(=N/C#N)N2CCC(N3Cc4ccccc4NC3=O)CC2)C1=O. The van der Waals surface area contributed by atoms with E-state index < -0.39 is 6.04 Å². The molecule has 0 radical (unpaired) electrons. The molecule has 0 bridgehead atoms. The monoisotopic (exact) mass is 567 g/mol. The number of nitrogens with zero attached hydrogens (tertiary/aromatic N) is 6. The second-order valence-electron chi connectivity index (χ2n) is 12.7. The predicted octanol–water partition coefficient (Wildman–Crippen LogP) is 3.80. The molecule has 0 saturated carbocycles. The number of aromatic amines is 1. The first kappa shape index (κ1) is 27.6. The summed E-state index contributed by atoms with van der Waals surface area (Å²) in [4.78, 5) is 36.9. The van der Waals surface area contributed by atoms with Crippen LogP contribution in [-0.2, 0) is 24.3 Å². The number of aromatic nitrogens is 2. The van der Waals surface area contributed by atoms with Crippen molar-refractivity contribution in [2.45, 2.75) is 65.2 Å². The first-order valence-corrected chi connectivity index (χ1v) is 14.6. The summed E-state index contributed by atoms with van der Waals surface area (Å²) in [6, 6.07) is 11.4. The molecule has 4 heterocycles. The summed E-state index contributed by atoms with van der Waals surface area (Å²) in [6.45, 7) is 9.27. The second-order valence-corrected chi connectivity index (χ2v) is 12.7. The number of nitriles is 1. The average Bonchev–Trinajstić information content (AvgIpc) is 3.41. The Bertz CT molecular complexity index is 1570. The zero-order chi connectivity index (χ0) is 29.4. The quantitative estimate of drug-likeness (QED) is 0.251. The lowest BCUT2D eigenvalue weighted by Crippen LogP contribution is -2.56. The lowest BCUT2D eigenvalue weighted by Gasteiger charge is -2.41. The zero-order valence-electron chi connectivity index (χ0n) is 24.4. The van der Waals surface area contributed by atoms with Gasteiger partial charge in [0.2, 0.25) is 18.1 Å². The van der Waals surface area contributed by atoms with Crippen LogP contribution < -0.4 is 10.6 Å². The molecule has 11 heteroatoms. The highest BCUT2D eigenvalue weighted by Gasteiger charge is 2.36. The molecule has 3 aliphatic heterocycles. The molecule has 1 unspecified atom stereocenters. The van der Waals surface area contributed by atoms with Crippen molar-refractivity contribution in [1.82, 2.24) is 30.2 Å². The maximum Gasteiger partial charge on any atom is 0.322 e. The maximum absolute atomic E-state index is 14.0. The fourth-order valence-corrected chi connectivity index (χ4v) is 6.42. The smallest absolute Gasteiger partial charge is 0.322 e. The normalized spacial score (nSPS) is 20.1. The van der Waals surface area contributed by atoms with Crippen LogP contribution in [-0.4, -0.2) is 74.5 Å². The number of anilines is 1. The molecule has 3 aromatic rings. The summed E-state index contributed by atoms with van der Waals surface area (Å²) in [6.07, 6.45) is 5.71. The molecule has 11 nitrogen and oxygen atoms in total. The van der Waals surface area contributed by atoms with Crippen molar-refractivity contribution in [3.63, 3.8) is 0 Å². The zero-order valence-corrected chi connectivity index (χ0v) is 24.4. The minimum Gasteiger partial charge on any atom is -0.343 e. The van der Waals surface area contributed by atoms with E-state index in [0.29, 0.717) is 45.1 Å². The number of aliphatic imine (C=N–C) groups is 1. The summed E-state index contributed by atoms with van der Waals surface area (Å²) in [7, 11) is 0. The van der Waals surface area contributed by atoms with Gasteiger partial charge in [-0.05, 0) is 47.1 Å². The third-order valence-electron chi connectivity index (χ3n) is 8.41. The predicted molar refractivity (Wildman–Crippen MR) is 160 cm³/mol. The molecule has 6 rings (SSSR count). The lowest BCUT2D eigenvalue weighted by atomic mass is 9.95. The molecule has 1 atom stereocenters. The first-order valence-electron chi connectivity index (χ1n) is 14.6. The summed E-state index contributed by atoms with van der Waals surface area (Å²) < 4.78 is 0. The third kappa shape index (κ3) is 5.49. The molecular weight excluding hydrogens is 530 g/mol. The van der Waals surface area contributed by atoms with E-state index in [0.717, 1.165) is 46.1 Å². The van der Waals surface area contributed by atoms with Crippen molar-refractivity contribution < 1.29 is 9.59 Å². The topological polar surface area (TPSA) is 133 Å². The van der Waals surface area contributed by atoms with Gasteiger partial charge in [0.1, 0.15) is 6.04 Å². The van der Waals surface area contributed by atoms with E-state index in [1.807, 2.05) is 57.4 Å².